The molecule has 0 aliphatic rings. The third kappa shape index (κ3) is 3.85. The van der Waals surface area contributed by atoms with E-state index in [9.17, 15) is 4.79 Å². The quantitative estimate of drug-likeness (QED) is 0.643. The Bertz CT molecular complexity index is 860. The van der Waals surface area contributed by atoms with Gasteiger partial charge in [-0.15, -0.1) is 0 Å². The molecule has 3 aromatic rings. The highest BCUT2D eigenvalue weighted by molar-refractivity contribution is 5.91. The number of anilines is 2. The lowest BCUT2D eigenvalue weighted by Gasteiger charge is -2.20. The van der Waals surface area contributed by atoms with E-state index in [1.165, 1.54) is 0 Å². The molecule has 0 fully saturated rings. The molecule has 0 atom stereocenters. The van der Waals surface area contributed by atoms with Gasteiger partial charge in [0.2, 0.25) is 0 Å². The fraction of sp³-hybridized carbons (Fsp3) is 0.211. The molecular weight excluding hydrogens is 318 g/mol. The van der Waals surface area contributed by atoms with Crippen LogP contribution in [0.2, 0.25) is 0 Å². The molecule has 6 heteroatoms. The summed E-state index contributed by atoms with van der Waals surface area (Å²) >= 11 is 0. The van der Waals surface area contributed by atoms with Crippen molar-refractivity contribution >= 4 is 28.4 Å². The number of hydrogen-bond donors (Lipinski definition) is 0. The second-order valence-electron chi connectivity index (χ2n) is 5.36. The average Bonchev–Trinajstić information content (AvgIpc) is 2.66. The maximum absolute atomic E-state index is 11.3. The normalized spacial score (nSPS) is 10.5. The number of carbonyl (C=O) groups excluding carboxylic acids is 1. The minimum Gasteiger partial charge on any atom is -0.482 e. The van der Waals surface area contributed by atoms with Crippen LogP contribution in [-0.2, 0) is 9.53 Å². The first-order valence-corrected chi connectivity index (χ1v) is 8.01. The predicted molar refractivity (Wildman–Crippen MR) is 96.2 cm³/mol. The monoisotopic (exact) mass is 337 g/mol. The number of esters is 1. The van der Waals surface area contributed by atoms with Crippen molar-refractivity contribution in [3.8, 4) is 5.75 Å². The van der Waals surface area contributed by atoms with Gasteiger partial charge in [0.25, 0.3) is 0 Å². The van der Waals surface area contributed by atoms with Gasteiger partial charge in [-0.05, 0) is 43.3 Å². The molecule has 0 saturated carbocycles. The van der Waals surface area contributed by atoms with Gasteiger partial charge in [-0.2, -0.15) is 0 Å². The second-order valence-corrected chi connectivity index (χ2v) is 5.36. The lowest BCUT2D eigenvalue weighted by molar-refractivity contribution is -0.145. The molecule has 3 rings (SSSR count). The number of hydrogen-bond acceptors (Lipinski definition) is 6. The fourth-order valence-electron chi connectivity index (χ4n) is 2.49. The molecule has 1 aromatic heterocycles. The summed E-state index contributed by atoms with van der Waals surface area (Å²) in [7, 11) is 1.95. The van der Waals surface area contributed by atoms with Crippen LogP contribution in [0.1, 0.15) is 6.92 Å². The van der Waals surface area contributed by atoms with Crippen molar-refractivity contribution in [2.24, 2.45) is 0 Å². The first-order chi connectivity index (χ1) is 12.2. The SMILES string of the molecule is CCOC(=O)COc1ccc(N(C)c2ncnc3ccccc23)cc1. The van der Waals surface area contributed by atoms with Gasteiger partial charge in [-0.25, -0.2) is 14.8 Å². The summed E-state index contributed by atoms with van der Waals surface area (Å²) in [5.74, 6) is 1.06. The predicted octanol–water partition coefficient (Wildman–Crippen LogP) is 3.34. The van der Waals surface area contributed by atoms with Gasteiger partial charge in [0, 0.05) is 18.1 Å². The Kier molecular flexibility index (Phi) is 5.09. The van der Waals surface area contributed by atoms with E-state index in [0.717, 1.165) is 22.4 Å². The maximum atomic E-state index is 11.3. The van der Waals surface area contributed by atoms with Gasteiger partial charge in [0.1, 0.15) is 17.9 Å². The molecule has 0 aliphatic carbocycles. The van der Waals surface area contributed by atoms with E-state index >= 15 is 0 Å². The van der Waals surface area contributed by atoms with E-state index in [4.69, 9.17) is 9.47 Å². The smallest absolute Gasteiger partial charge is 0.344 e. The number of fused-ring (bicyclic) bond motifs is 1. The van der Waals surface area contributed by atoms with Crippen LogP contribution in [0.5, 0.6) is 5.75 Å². The van der Waals surface area contributed by atoms with Gasteiger partial charge >= 0.3 is 5.97 Å². The molecule has 0 amide bonds. The summed E-state index contributed by atoms with van der Waals surface area (Å²) in [4.78, 5) is 22.0. The van der Waals surface area contributed by atoms with Crippen LogP contribution in [-0.4, -0.2) is 36.2 Å². The molecule has 128 valence electrons. The number of para-hydroxylation sites is 1. The highest BCUT2D eigenvalue weighted by atomic mass is 16.6. The zero-order chi connectivity index (χ0) is 17.6. The molecule has 6 nitrogen and oxygen atoms in total. The summed E-state index contributed by atoms with van der Waals surface area (Å²) in [6.07, 6.45) is 1.56. The van der Waals surface area contributed by atoms with Gasteiger partial charge < -0.3 is 14.4 Å². The van der Waals surface area contributed by atoms with Crippen LogP contribution in [0, 0.1) is 0 Å². The summed E-state index contributed by atoms with van der Waals surface area (Å²) < 4.78 is 10.3. The Morgan fingerprint density at radius 2 is 1.84 bits per heavy atom. The number of benzene rings is 2. The second kappa shape index (κ2) is 7.61. The lowest BCUT2D eigenvalue weighted by atomic mass is 10.2. The van der Waals surface area contributed by atoms with E-state index in [1.807, 2.05) is 60.5 Å². The molecule has 1 heterocycles. The van der Waals surface area contributed by atoms with E-state index in [-0.39, 0.29) is 12.6 Å². The third-order valence-electron chi connectivity index (χ3n) is 3.73. The average molecular weight is 337 g/mol. The van der Waals surface area contributed by atoms with E-state index in [1.54, 1.807) is 13.3 Å². The Morgan fingerprint density at radius 3 is 2.60 bits per heavy atom. The fourth-order valence-corrected chi connectivity index (χ4v) is 2.49. The van der Waals surface area contributed by atoms with Crippen molar-refractivity contribution in [2.75, 3.05) is 25.2 Å². The maximum Gasteiger partial charge on any atom is 0.344 e. The van der Waals surface area contributed by atoms with Crippen LogP contribution in [0.3, 0.4) is 0 Å². The van der Waals surface area contributed by atoms with Crippen molar-refractivity contribution in [3.05, 3.63) is 54.9 Å². The Hall–Kier alpha value is -3.15. The summed E-state index contributed by atoms with van der Waals surface area (Å²) in [6.45, 7) is 2.01. The van der Waals surface area contributed by atoms with Crippen molar-refractivity contribution in [1.29, 1.82) is 0 Å². The number of aromatic nitrogens is 2. The minimum absolute atomic E-state index is 0.0976. The molecule has 0 radical (unpaired) electrons. The Labute approximate surface area is 146 Å². The minimum atomic E-state index is -0.379. The summed E-state index contributed by atoms with van der Waals surface area (Å²) in [5.41, 5.74) is 1.85. The van der Waals surface area contributed by atoms with Crippen molar-refractivity contribution in [2.45, 2.75) is 6.92 Å². The van der Waals surface area contributed by atoms with Crippen molar-refractivity contribution < 1.29 is 14.3 Å². The molecule has 0 unspecified atom stereocenters. The zero-order valence-corrected chi connectivity index (χ0v) is 14.2. The molecular formula is C19H19N3O3. The van der Waals surface area contributed by atoms with E-state index in [2.05, 4.69) is 9.97 Å². The number of rotatable bonds is 6. The first kappa shape index (κ1) is 16.7. The van der Waals surface area contributed by atoms with Crippen LogP contribution < -0.4 is 9.64 Å². The molecule has 0 bridgehead atoms. The Balaban J connectivity index is 1.76. The molecule has 2 aromatic carbocycles. The number of nitrogens with zero attached hydrogens (tertiary/aromatic N) is 3. The highest BCUT2D eigenvalue weighted by Crippen LogP contribution is 2.28. The lowest BCUT2D eigenvalue weighted by Crippen LogP contribution is -2.15. The molecule has 0 saturated heterocycles. The topological polar surface area (TPSA) is 64.6 Å². The standard InChI is InChI=1S/C19H19N3O3/c1-3-24-18(23)12-25-15-10-8-14(9-11-15)22(2)19-16-6-4-5-7-17(16)20-13-21-19/h4-11,13H,3,12H2,1-2H3. The largest absolute Gasteiger partial charge is 0.482 e. The molecule has 25 heavy (non-hydrogen) atoms. The molecule has 0 spiro atoms. The van der Waals surface area contributed by atoms with Gasteiger partial charge in [0.15, 0.2) is 6.61 Å². The number of carbonyl (C=O) groups is 1. The summed E-state index contributed by atoms with van der Waals surface area (Å²) in [6, 6.07) is 15.3. The van der Waals surface area contributed by atoms with Crippen LogP contribution in [0.15, 0.2) is 54.9 Å². The van der Waals surface area contributed by atoms with Gasteiger partial charge in [-0.1, -0.05) is 12.1 Å². The van der Waals surface area contributed by atoms with E-state index in [0.29, 0.717) is 12.4 Å². The highest BCUT2D eigenvalue weighted by Gasteiger charge is 2.10. The Morgan fingerprint density at radius 1 is 1.08 bits per heavy atom. The van der Waals surface area contributed by atoms with Gasteiger partial charge in [0.05, 0.1) is 12.1 Å². The van der Waals surface area contributed by atoms with Crippen molar-refractivity contribution in [1.82, 2.24) is 9.97 Å². The van der Waals surface area contributed by atoms with Crippen LogP contribution in [0.4, 0.5) is 11.5 Å². The van der Waals surface area contributed by atoms with Crippen LogP contribution >= 0.6 is 0 Å². The molecule has 0 N–H and O–H groups in total. The molecule has 0 aliphatic heterocycles. The van der Waals surface area contributed by atoms with Crippen LogP contribution in [0.25, 0.3) is 10.9 Å². The summed E-state index contributed by atoms with van der Waals surface area (Å²) in [5, 5.41) is 0.982. The zero-order valence-electron chi connectivity index (χ0n) is 14.2. The van der Waals surface area contributed by atoms with E-state index < -0.39 is 0 Å². The third-order valence-corrected chi connectivity index (χ3v) is 3.73. The van der Waals surface area contributed by atoms with Gasteiger partial charge in [-0.3, -0.25) is 0 Å². The van der Waals surface area contributed by atoms with Crippen molar-refractivity contribution in [3.63, 3.8) is 0 Å². The number of ether oxygens (including phenoxy) is 2. The first-order valence-electron chi connectivity index (χ1n) is 8.01.